The molecule has 0 aliphatic heterocycles. The van der Waals surface area contributed by atoms with E-state index in [0.29, 0.717) is 5.56 Å². The molecule has 0 saturated heterocycles. The lowest BCUT2D eigenvalue weighted by Crippen LogP contribution is -2.17. The summed E-state index contributed by atoms with van der Waals surface area (Å²) in [4.78, 5) is 10.8. The first-order valence-electron chi connectivity index (χ1n) is 6.27. The molecule has 0 aromatic heterocycles. The third kappa shape index (κ3) is 3.36. The molecule has 0 atom stereocenters. The van der Waals surface area contributed by atoms with Gasteiger partial charge in [0.15, 0.2) is 9.84 Å². The number of hydrogen-bond donors (Lipinski definition) is 1. The Morgan fingerprint density at radius 2 is 1.90 bits per heavy atom. The second-order valence-electron chi connectivity index (χ2n) is 5.31. The number of rotatable bonds is 6. The van der Waals surface area contributed by atoms with Crippen molar-refractivity contribution in [3.8, 4) is 6.07 Å². The van der Waals surface area contributed by atoms with E-state index >= 15 is 0 Å². The maximum absolute atomic E-state index is 12.3. The average Bonchev–Trinajstić information content (AvgIpc) is 3.08. The van der Waals surface area contributed by atoms with Gasteiger partial charge in [0.2, 0.25) is 0 Å². The smallest absolute Gasteiger partial charge is 0.307 e. The number of carbonyl (C=O) groups is 1. The lowest BCUT2D eigenvalue weighted by molar-refractivity contribution is -0.136. The Bertz CT molecular complexity index is 651. The summed E-state index contributed by atoms with van der Waals surface area (Å²) >= 11 is 0. The van der Waals surface area contributed by atoms with Crippen LogP contribution in [-0.2, 0) is 21.1 Å². The summed E-state index contributed by atoms with van der Waals surface area (Å²) in [6, 6.07) is 7.96. The van der Waals surface area contributed by atoms with Crippen LogP contribution >= 0.6 is 0 Å². The molecule has 0 unspecified atom stereocenters. The highest BCUT2D eigenvalue weighted by Gasteiger charge is 2.46. The van der Waals surface area contributed by atoms with Crippen LogP contribution in [0.15, 0.2) is 29.2 Å². The zero-order valence-electron chi connectivity index (χ0n) is 10.9. The predicted molar refractivity (Wildman–Crippen MR) is 71.7 cm³/mol. The van der Waals surface area contributed by atoms with E-state index in [1.165, 1.54) is 24.3 Å². The molecule has 106 valence electrons. The zero-order valence-corrected chi connectivity index (χ0v) is 11.7. The molecule has 2 rings (SSSR count). The molecule has 20 heavy (non-hydrogen) atoms. The van der Waals surface area contributed by atoms with Gasteiger partial charge in [0.25, 0.3) is 0 Å². The number of nitriles is 1. The molecule has 1 N–H and O–H groups in total. The van der Waals surface area contributed by atoms with Crippen LogP contribution in [0.3, 0.4) is 0 Å². The average molecular weight is 293 g/mol. The molecule has 1 saturated carbocycles. The highest BCUT2D eigenvalue weighted by atomic mass is 32.2. The van der Waals surface area contributed by atoms with Gasteiger partial charge in [-0.15, -0.1) is 0 Å². The highest BCUT2D eigenvalue weighted by molar-refractivity contribution is 7.91. The van der Waals surface area contributed by atoms with Crippen molar-refractivity contribution in [2.75, 3.05) is 5.75 Å². The Morgan fingerprint density at radius 1 is 1.30 bits per heavy atom. The molecule has 0 radical (unpaired) electrons. The van der Waals surface area contributed by atoms with Crippen molar-refractivity contribution in [2.24, 2.45) is 5.41 Å². The topological polar surface area (TPSA) is 95.2 Å². The van der Waals surface area contributed by atoms with Crippen molar-refractivity contribution in [1.82, 2.24) is 0 Å². The summed E-state index contributed by atoms with van der Waals surface area (Å²) in [5, 5.41) is 17.4. The molecule has 1 aliphatic rings. The fraction of sp³-hybridized carbons (Fsp3) is 0.429. The largest absolute Gasteiger partial charge is 0.481 e. The second-order valence-corrected chi connectivity index (χ2v) is 7.30. The van der Waals surface area contributed by atoms with Crippen LogP contribution in [-0.4, -0.2) is 25.2 Å². The van der Waals surface area contributed by atoms with Gasteiger partial charge in [-0.3, -0.25) is 4.79 Å². The first-order valence-corrected chi connectivity index (χ1v) is 7.93. The zero-order chi connectivity index (χ0) is 14.8. The lowest BCUT2D eigenvalue weighted by atomic mass is 10.1. The summed E-state index contributed by atoms with van der Waals surface area (Å²) < 4.78 is 24.5. The predicted octanol–water partition coefficient (Wildman–Crippen LogP) is 1.78. The van der Waals surface area contributed by atoms with Gasteiger partial charge in [-0.25, -0.2) is 8.42 Å². The van der Waals surface area contributed by atoms with E-state index in [-0.39, 0.29) is 28.9 Å². The van der Waals surface area contributed by atoms with Crippen molar-refractivity contribution in [3.63, 3.8) is 0 Å². The number of benzene rings is 1. The van der Waals surface area contributed by atoms with E-state index in [1.54, 1.807) is 0 Å². The number of aliphatic carboxylic acids is 1. The molecule has 1 aromatic rings. The van der Waals surface area contributed by atoms with Crippen LogP contribution < -0.4 is 0 Å². The number of carboxylic acids is 1. The Morgan fingerprint density at radius 3 is 2.35 bits per heavy atom. The fourth-order valence-electron chi connectivity index (χ4n) is 2.19. The van der Waals surface area contributed by atoms with Gasteiger partial charge >= 0.3 is 5.97 Å². The first-order chi connectivity index (χ1) is 9.37. The third-order valence-electron chi connectivity index (χ3n) is 3.55. The van der Waals surface area contributed by atoms with Crippen LogP contribution in [0.5, 0.6) is 0 Å². The molecule has 0 amide bonds. The highest BCUT2D eigenvalue weighted by Crippen LogP contribution is 2.50. The van der Waals surface area contributed by atoms with E-state index in [2.05, 4.69) is 0 Å². The Labute approximate surface area is 117 Å². The molecule has 1 aromatic carbocycles. The van der Waals surface area contributed by atoms with Crippen LogP contribution in [0.25, 0.3) is 0 Å². The maximum Gasteiger partial charge on any atom is 0.307 e. The van der Waals surface area contributed by atoms with Crippen molar-refractivity contribution < 1.29 is 18.3 Å². The Hall–Kier alpha value is -1.87. The quantitative estimate of drug-likeness (QED) is 0.862. The lowest BCUT2D eigenvalue weighted by Gasteiger charge is -2.11. The SMILES string of the molecule is N#CCC1(CS(=O)(=O)c2ccc(CC(=O)O)cc2)CC1. The van der Waals surface area contributed by atoms with Gasteiger partial charge in [0.05, 0.1) is 23.1 Å². The number of sulfone groups is 1. The molecule has 5 nitrogen and oxygen atoms in total. The Kier molecular flexibility index (Phi) is 3.82. The molecular formula is C14H15NO4S. The number of hydrogen-bond acceptors (Lipinski definition) is 4. The second kappa shape index (κ2) is 5.25. The Balaban J connectivity index is 2.14. The molecule has 1 aliphatic carbocycles. The van der Waals surface area contributed by atoms with Crippen LogP contribution in [0.2, 0.25) is 0 Å². The molecular weight excluding hydrogens is 278 g/mol. The summed E-state index contributed by atoms with van der Waals surface area (Å²) in [5.41, 5.74) is 0.197. The van der Waals surface area contributed by atoms with E-state index in [0.717, 1.165) is 12.8 Å². The van der Waals surface area contributed by atoms with Gasteiger partial charge < -0.3 is 5.11 Å². The summed E-state index contributed by atoms with van der Waals surface area (Å²) in [7, 11) is -3.42. The van der Waals surface area contributed by atoms with Gasteiger partial charge in [-0.1, -0.05) is 12.1 Å². The standard InChI is InChI=1S/C14H15NO4S/c15-8-7-14(5-6-14)10-20(18,19)12-3-1-11(2-4-12)9-13(16)17/h1-4H,5-7,9-10H2,(H,16,17). The van der Waals surface area contributed by atoms with E-state index in [4.69, 9.17) is 10.4 Å². The van der Waals surface area contributed by atoms with Crippen LogP contribution in [0.4, 0.5) is 0 Å². The van der Waals surface area contributed by atoms with Gasteiger partial charge in [0.1, 0.15) is 0 Å². The van der Waals surface area contributed by atoms with Crippen LogP contribution in [0.1, 0.15) is 24.8 Å². The minimum Gasteiger partial charge on any atom is -0.481 e. The monoisotopic (exact) mass is 293 g/mol. The summed E-state index contributed by atoms with van der Waals surface area (Å²) in [6.45, 7) is 0. The minimum atomic E-state index is -3.42. The van der Waals surface area contributed by atoms with Gasteiger partial charge in [-0.2, -0.15) is 5.26 Å². The van der Waals surface area contributed by atoms with Crippen LogP contribution in [0, 0.1) is 16.7 Å². The maximum atomic E-state index is 12.3. The fourth-order valence-corrected chi connectivity index (χ4v) is 4.11. The van der Waals surface area contributed by atoms with E-state index in [9.17, 15) is 13.2 Å². The molecule has 6 heteroatoms. The first kappa shape index (κ1) is 14.5. The van der Waals surface area contributed by atoms with Crippen molar-refractivity contribution in [2.45, 2.75) is 30.6 Å². The van der Waals surface area contributed by atoms with Gasteiger partial charge in [0, 0.05) is 6.42 Å². The van der Waals surface area contributed by atoms with Crippen molar-refractivity contribution >= 4 is 15.8 Å². The van der Waals surface area contributed by atoms with E-state index in [1.807, 2.05) is 6.07 Å². The molecule has 0 bridgehead atoms. The molecule has 0 spiro atoms. The summed E-state index contributed by atoms with van der Waals surface area (Å²) in [6.07, 6.45) is 1.69. The molecule has 1 fully saturated rings. The number of nitrogens with zero attached hydrogens (tertiary/aromatic N) is 1. The minimum absolute atomic E-state index is 0.00810. The molecule has 0 heterocycles. The third-order valence-corrected chi connectivity index (χ3v) is 5.53. The van der Waals surface area contributed by atoms with E-state index < -0.39 is 15.8 Å². The van der Waals surface area contributed by atoms with Crippen molar-refractivity contribution in [3.05, 3.63) is 29.8 Å². The number of carboxylic acid groups (broad SMARTS) is 1. The summed E-state index contributed by atoms with van der Waals surface area (Å²) in [5.74, 6) is -0.960. The van der Waals surface area contributed by atoms with Crippen molar-refractivity contribution in [1.29, 1.82) is 5.26 Å². The van der Waals surface area contributed by atoms with Gasteiger partial charge in [-0.05, 0) is 36.0 Å². The normalized spacial score (nSPS) is 16.4.